The average Bonchev–Trinajstić information content (AvgIpc) is 3.22. The Balaban J connectivity index is 1.53. The summed E-state index contributed by atoms with van der Waals surface area (Å²) < 4.78 is 7.50. The largest absolute Gasteiger partial charge is 0.385 e. The highest BCUT2D eigenvalue weighted by molar-refractivity contribution is 7.13. The van der Waals surface area contributed by atoms with E-state index in [4.69, 9.17) is 4.74 Å². The van der Waals surface area contributed by atoms with Gasteiger partial charge in [-0.3, -0.25) is 4.79 Å². The molecule has 5 nitrogen and oxygen atoms in total. The minimum atomic E-state index is 0.193. The summed E-state index contributed by atoms with van der Waals surface area (Å²) >= 11 is 1.59. The smallest absolute Gasteiger partial charge is 0.263 e. The Morgan fingerprint density at radius 1 is 1.31 bits per heavy atom. The van der Waals surface area contributed by atoms with E-state index >= 15 is 0 Å². The van der Waals surface area contributed by atoms with Crippen LogP contribution in [0.2, 0.25) is 0 Å². The topological polar surface area (TPSA) is 47.4 Å². The van der Waals surface area contributed by atoms with Gasteiger partial charge in [0.15, 0.2) is 0 Å². The van der Waals surface area contributed by atoms with Crippen molar-refractivity contribution in [2.45, 2.75) is 46.1 Å². The molecule has 6 heteroatoms. The molecule has 0 bridgehead atoms. The van der Waals surface area contributed by atoms with Crippen molar-refractivity contribution in [3.63, 3.8) is 0 Å². The molecular formula is C20H29N3O2S. The maximum absolute atomic E-state index is 12.6. The van der Waals surface area contributed by atoms with Crippen molar-refractivity contribution in [3.8, 4) is 0 Å². The van der Waals surface area contributed by atoms with Gasteiger partial charge in [0.1, 0.15) is 5.82 Å². The molecule has 0 saturated carbocycles. The van der Waals surface area contributed by atoms with Gasteiger partial charge in [0, 0.05) is 56.5 Å². The van der Waals surface area contributed by atoms with Crippen molar-refractivity contribution in [2.75, 3.05) is 26.8 Å². The molecule has 0 N–H and O–H groups in total. The molecule has 0 spiro atoms. The monoisotopic (exact) mass is 375 g/mol. The first kappa shape index (κ1) is 19.1. The van der Waals surface area contributed by atoms with Gasteiger partial charge >= 0.3 is 0 Å². The van der Waals surface area contributed by atoms with Gasteiger partial charge in [0.2, 0.25) is 0 Å². The predicted octanol–water partition coefficient (Wildman–Crippen LogP) is 3.69. The number of hydrogen-bond donors (Lipinski definition) is 0. The Bertz CT molecular complexity index is 729. The zero-order valence-corrected chi connectivity index (χ0v) is 16.8. The maximum atomic E-state index is 12.6. The van der Waals surface area contributed by atoms with E-state index < -0.39 is 0 Å². The van der Waals surface area contributed by atoms with Crippen molar-refractivity contribution < 1.29 is 9.53 Å². The lowest BCUT2D eigenvalue weighted by molar-refractivity contribution is 0.0694. The van der Waals surface area contributed by atoms with Crippen LogP contribution in [-0.2, 0) is 17.7 Å². The summed E-state index contributed by atoms with van der Waals surface area (Å²) in [4.78, 5) is 21.3. The molecule has 1 aliphatic rings. The molecular weight excluding hydrogens is 346 g/mol. The summed E-state index contributed by atoms with van der Waals surface area (Å²) in [6.45, 7) is 7.61. The number of hydrogen-bond acceptors (Lipinski definition) is 4. The maximum Gasteiger partial charge on any atom is 0.263 e. The van der Waals surface area contributed by atoms with Gasteiger partial charge in [0.25, 0.3) is 5.91 Å². The Kier molecular flexibility index (Phi) is 6.48. The lowest BCUT2D eigenvalue weighted by Gasteiger charge is -2.31. The highest BCUT2D eigenvalue weighted by Gasteiger charge is 2.25. The SMILES string of the molecule is COCCCn1c(C)cnc1CC1CCN(C(=O)c2ccc(C)s2)CC1. The molecule has 0 aliphatic carbocycles. The third-order valence-electron chi connectivity index (χ3n) is 5.19. The third kappa shape index (κ3) is 4.54. The van der Waals surface area contributed by atoms with E-state index in [9.17, 15) is 4.79 Å². The molecule has 1 fully saturated rings. The number of carbonyl (C=O) groups excluding carboxylic acids is 1. The van der Waals surface area contributed by atoms with E-state index in [1.807, 2.05) is 30.2 Å². The van der Waals surface area contributed by atoms with Gasteiger partial charge in [-0.05, 0) is 51.2 Å². The second kappa shape index (κ2) is 8.82. The number of ether oxygens (including phenoxy) is 1. The second-order valence-corrected chi connectivity index (χ2v) is 8.45. The van der Waals surface area contributed by atoms with Crippen molar-refractivity contribution in [1.29, 1.82) is 0 Å². The van der Waals surface area contributed by atoms with Crippen LogP contribution in [0.3, 0.4) is 0 Å². The standard InChI is InChI=1S/C20H29N3O2S/c1-15-14-21-19(23(15)9-4-12-25-3)13-17-7-10-22(11-8-17)20(24)18-6-5-16(2)26-18/h5-6,14,17H,4,7-13H2,1-3H3. The highest BCUT2D eigenvalue weighted by atomic mass is 32.1. The minimum absolute atomic E-state index is 0.193. The van der Waals surface area contributed by atoms with Crippen LogP contribution < -0.4 is 0 Å². The van der Waals surface area contributed by atoms with E-state index in [0.717, 1.165) is 56.8 Å². The van der Waals surface area contributed by atoms with Gasteiger partial charge in [-0.15, -0.1) is 11.3 Å². The van der Waals surface area contributed by atoms with Crippen molar-refractivity contribution in [1.82, 2.24) is 14.5 Å². The number of aryl methyl sites for hydroxylation is 2. The van der Waals surface area contributed by atoms with Crippen LogP contribution in [-0.4, -0.2) is 47.2 Å². The fraction of sp³-hybridized carbons (Fsp3) is 0.600. The van der Waals surface area contributed by atoms with E-state index in [0.29, 0.717) is 5.92 Å². The second-order valence-electron chi connectivity index (χ2n) is 7.16. The normalized spacial score (nSPS) is 15.6. The van der Waals surface area contributed by atoms with E-state index in [1.54, 1.807) is 18.4 Å². The van der Waals surface area contributed by atoms with Crippen molar-refractivity contribution >= 4 is 17.2 Å². The quantitative estimate of drug-likeness (QED) is 0.694. The number of likely N-dealkylation sites (tertiary alicyclic amines) is 1. The Morgan fingerprint density at radius 2 is 2.08 bits per heavy atom. The van der Waals surface area contributed by atoms with E-state index in [1.165, 1.54) is 16.4 Å². The molecule has 2 aromatic rings. The molecule has 2 aromatic heterocycles. The number of amides is 1. The van der Waals surface area contributed by atoms with Gasteiger partial charge in [-0.1, -0.05) is 0 Å². The van der Waals surface area contributed by atoms with Crippen LogP contribution in [0.1, 0.15) is 45.3 Å². The van der Waals surface area contributed by atoms with Gasteiger partial charge in [-0.2, -0.15) is 0 Å². The number of aromatic nitrogens is 2. The van der Waals surface area contributed by atoms with Gasteiger partial charge < -0.3 is 14.2 Å². The molecule has 0 aromatic carbocycles. The van der Waals surface area contributed by atoms with Crippen LogP contribution >= 0.6 is 11.3 Å². The molecule has 1 amide bonds. The number of methoxy groups -OCH3 is 1. The third-order valence-corrected chi connectivity index (χ3v) is 6.18. The zero-order valence-electron chi connectivity index (χ0n) is 16.0. The lowest BCUT2D eigenvalue weighted by Crippen LogP contribution is -2.38. The predicted molar refractivity (Wildman–Crippen MR) is 105 cm³/mol. The van der Waals surface area contributed by atoms with Crippen molar-refractivity contribution in [2.24, 2.45) is 5.92 Å². The zero-order chi connectivity index (χ0) is 18.5. The number of piperidine rings is 1. The fourth-order valence-electron chi connectivity index (χ4n) is 3.65. The van der Waals surface area contributed by atoms with Crippen LogP contribution in [0, 0.1) is 19.8 Å². The highest BCUT2D eigenvalue weighted by Crippen LogP contribution is 2.25. The van der Waals surface area contributed by atoms with Crippen LogP contribution in [0.4, 0.5) is 0 Å². The summed E-state index contributed by atoms with van der Waals surface area (Å²) in [5.41, 5.74) is 1.22. The fourth-order valence-corrected chi connectivity index (χ4v) is 4.49. The van der Waals surface area contributed by atoms with Gasteiger partial charge in [0.05, 0.1) is 4.88 Å². The summed E-state index contributed by atoms with van der Waals surface area (Å²) in [5, 5.41) is 0. The minimum Gasteiger partial charge on any atom is -0.385 e. The van der Waals surface area contributed by atoms with Crippen molar-refractivity contribution in [3.05, 3.63) is 39.6 Å². The molecule has 0 atom stereocenters. The molecule has 3 rings (SSSR count). The number of carbonyl (C=O) groups is 1. The molecule has 0 radical (unpaired) electrons. The molecule has 1 saturated heterocycles. The van der Waals surface area contributed by atoms with E-state index in [2.05, 4.69) is 16.5 Å². The first-order chi connectivity index (χ1) is 12.6. The van der Waals surface area contributed by atoms with Gasteiger partial charge in [-0.25, -0.2) is 4.98 Å². The first-order valence-electron chi connectivity index (χ1n) is 9.44. The van der Waals surface area contributed by atoms with Crippen LogP contribution in [0.15, 0.2) is 18.3 Å². The first-order valence-corrected chi connectivity index (χ1v) is 10.3. The Labute approximate surface area is 160 Å². The molecule has 142 valence electrons. The Hall–Kier alpha value is -1.66. The van der Waals surface area contributed by atoms with E-state index in [-0.39, 0.29) is 5.91 Å². The number of imidazole rings is 1. The average molecular weight is 376 g/mol. The Morgan fingerprint density at radius 3 is 2.73 bits per heavy atom. The number of rotatable bonds is 7. The summed E-state index contributed by atoms with van der Waals surface area (Å²) in [6.07, 6.45) is 6.09. The van der Waals surface area contributed by atoms with Crippen LogP contribution in [0.25, 0.3) is 0 Å². The summed E-state index contributed by atoms with van der Waals surface area (Å²) in [7, 11) is 1.74. The summed E-state index contributed by atoms with van der Waals surface area (Å²) in [5.74, 6) is 1.97. The number of nitrogens with zero attached hydrogens (tertiary/aromatic N) is 3. The molecule has 1 aliphatic heterocycles. The molecule has 0 unspecified atom stereocenters. The number of thiophene rings is 1. The molecule has 3 heterocycles. The molecule has 26 heavy (non-hydrogen) atoms. The lowest BCUT2D eigenvalue weighted by atomic mass is 9.93. The van der Waals surface area contributed by atoms with Crippen LogP contribution in [0.5, 0.6) is 0 Å². The summed E-state index contributed by atoms with van der Waals surface area (Å²) in [6, 6.07) is 3.98.